The molecule has 0 unspecified atom stereocenters. The van der Waals surface area contributed by atoms with Crippen molar-refractivity contribution in [3.8, 4) is 0 Å². The van der Waals surface area contributed by atoms with Gasteiger partial charge in [0.25, 0.3) is 0 Å². The molecule has 0 spiro atoms. The molecule has 1 heterocycles. The largest absolute Gasteiger partial charge is 0.459 e. The molecule has 0 aliphatic carbocycles. The maximum atomic E-state index is 11.7. The molecule has 1 aromatic carbocycles. The van der Waals surface area contributed by atoms with Gasteiger partial charge in [-0.3, -0.25) is 0 Å². The first kappa shape index (κ1) is 14.9. The predicted molar refractivity (Wildman–Crippen MR) is 65.6 cm³/mol. The summed E-state index contributed by atoms with van der Waals surface area (Å²) >= 11 is 0. The summed E-state index contributed by atoms with van der Waals surface area (Å²) in [5.74, 6) is -0.614. The Morgan fingerprint density at radius 3 is 2.35 bits per heavy atom. The number of aliphatic hydroxyl groups is 4. The number of rotatable bonds is 3. The Labute approximate surface area is 115 Å². The van der Waals surface area contributed by atoms with E-state index in [2.05, 4.69) is 0 Å². The molecular weight excluding hydrogens is 268 g/mol. The van der Waals surface area contributed by atoms with Gasteiger partial charge in [-0.1, -0.05) is 18.2 Å². The molecule has 2 rings (SSSR count). The lowest BCUT2D eigenvalue weighted by Crippen LogP contribution is -2.58. The Balaban J connectivity index is 1.92. The van der Waals surface area contributed by atoms with E-state index in [9.17, 15) is 25.2 Å². The van der Waals surface area contributed by atoms with E-state index in [1.165, 1.54) is 0 Å². The molecular formula is C13H16O7. The van der Waals surface area contributed by atoms with Crippen LogP contribution in [0.4, 0.5) is 0 Å². The van der Waals surface area contributed by atoms with Crippen molar-refractivity contribution < 1.29 is 34.7 Å². The minimum absolute atomic E-state index is 0.332. The second-order valence-electron chi connectivity index (χ2n) is 4.50. The Morgan fingerprint density at radius 2 is 1.70 bits per heavy atom. The fraction of sp³-hybridized carbons (Fsp3) is 0.462. The molecule has 0 saturated carbocycles. The third-order valence-electron chi connectivity index (χ3n) is 3.08. The second-order valence-corrected chi connectivity index (χ2v) is 4.50. The number of hydrogen-bond acceptors (Lipinski definition) is 7. The lowest BCUT2D eigenvalue weighted by Gasteiger charge is -2.37. The van der Waals surface area contributed by atoms with E-state index in [0.29, 0.717) is 5.56 Å². The van der Waals surface area contributed by atoms with E-state index in [1.54, 1.807) is 30.3 Å². The number of aliphatic hydroxyl groups excluding tert-OH is 4. The van der Waals surface area contributed by atoms with Crippen LogP contribution >= 0.6 is 0 Å². The second kappa shape index (κ2) is 6.29. The van der Waals surface area contributed by atoms with Crippen molar-refractivity contribution in [3.63, 3.8) is 0 Å². The maximum Gasteiger partial charge on any atom is 0.338 e. The normalized spacial score (nSPS) is 33.7. The van der Waals surface area contributed by atoms with Crippen LogP contribution < -0.4 is 0 Å². The molecule has 0 bridgehead atoms. The first-order valence-electron chi connectivity index (χ1n) is 6.10. The summed E-state index contributed by atoms with van der Waals surface area (Å²) < 4.78 is 9.83. The van der Waals surface area contributed by atoms with Gasteiger partial charge in [-0.05, 0) is 12.1 Å². The molecule has 1 saturated heterocycles. The quantitative estimate of drug-likeness (QED) is 0.507. The van der Waals surface area contributed by atoms with E-state index >= 15 is 0 Å². The SMILES string of the molecule is O=C(OC[C@H]1O[C@H](O)[C@H](O)[C@@H](O)[C@@H]1O)c1ccccc1. The van der Waals surface area contributed by atoms with Gasteiger partial charge < -0.3 is 29.9 Å². The van der Waals surface area contributed by atoms with Gasteiger partial charge >= 0.3 is 5.97 Å². The van der Waals surface area contributed by atoms with Crippen LogP contribution in [0.5, 0.6) is 0 Å². The van der Waals surface area contributed by atoms with Gasteiger partial charge in [-0.25, -0.2) is 4.79 Å². The van der Waals surface area contributed by atoms with Gasteiger partial charge in [0.2, 0.25) is 0 Å². The third kappa shape index (κ3) is 3.14. The molecule has 5 atom stereocenters. The number of ether oxygens (including phenoxy) is 2. The summed E-state index contributed by atoms with van der Waals surface area (Å²) in [6.07, 6.45) is -7.40. The summed E-state index contributed by atoms with van der Waals surface area (Å²) in [7, 11) is 0. The average Bonchev–Trinajstić information content (AvgIpc) is 2.48. The zero-order valence-electron chi connectivity index (χ0n) is 10.5. The Kier molecular flexibility index (Phi) is 4.69. The standard InChI is InChI=1S/C13H16O7/c14-9-8(20-13(18)11(16)10(9)15)6-19-12(17)7-4-2-1-3-5-7/h1-5,8-11,13-16,18H,6H2/t8-,9-,10+,11-,13+/m1/s1. The summed E-state index contributed by atoms with van der Waals surface area (Å²) in [6.45, 7) is -0.351. The van der Waals surface area contributed by atoms with E-state index in [4.69, 9.17) is 9.47 Å². The molecule has 1 aliphatic heterocycles. The highest BCUT2D eigenvalue weighted by atomic mass is 16.6. The summed E-state index contributed by atoms with van der Waals surface area (Å²) in [5.41, 5.74) is 0.332. The lowest BCUT2D eigenvalue weighted by molar-refractivity contribution is -0.286. The molecule has 110 valence electrons. The van der Waals surface area contributed by atoms with Crippen molar-refractivity contribution in [2.45, 2.75) is 30.7 Å². The average molecular weight is 284 g/mol. The van der Waals surface area contributed by atoms with Crippen LogP contribution in [0.2, 0.25) is 0 Å². The van der Waals surface area contributed by atoms with Crippen LogP contribution in [-0.2, 0) is 9.47 Å². The van der Waals surface area contributed by atoms with Crippen molar-refractivity contribution >= 4 is 5.97 Å². The minimum Gasteiger partial charge on any atom is -0.459 e. The number of hydrogen-bond donors (Lipinski definition) is 4. The van der Waals surface area contributed by atoms with E-state index in [0.717, 1.165) is 0 Å². The number of esters is 1. The van der Waals surface area contributed by atoms with Gasteiger partial charge in [0.1, 0.15) is 31.0 Å². The molecule has 20 heavy (non-hydrogen) atoms. The molecule has 1 aromatic rings. The van der Waals surface area contributed by atoms with Gasteiger partial charge in [-0.2, -0.15) is 0 Å². The van der Waals surface area contributed by atoms with E-state index in [1.807, 2.05) is 0 Å². The Morgan fingerprint density at radius 1 is 1.05 bits per heavy atom. The first-order chi connectivity index (χ1) is 9.50. The topological polar surface area (TPSA) is 116 Å². The van der Waals surface area contributed by atoms with Gasteiger partial charge in [0.15, 0.2) is 6.29 Å². The van der Waals surface area contributed by atoms with Crippen molar-refractivity contribution in [2.24, 2.45) is 0 Å². The zero-order valence-corrected chi connectivity index (χ0v) is 10.5. The zero-order chi connectivity index (χ0) is 14.7. The van der Waals surface area contributed by atoms with Crippen LogP contribution in [0.1, 0.15) is 10.4 Å². The summed E-state index contributed by atoms with van der Waals surface area (Å²) in [4.78, 5) is 11.7. The number of carbonyl (C=O) groups is 1. The van der Waals surface area contributed by atoms with Crippen LogP contribution in [-0.4, -0.2) is 63.7 Å². The molecule has 4 N–H and O–H groups in total. The minimum atomic E-state index is -1.64. The first-order valence-corrected chi connectivity index (χ1v) is 6.10. The number of carbonyl (C=O) groups excluding carboxylic acids is 1. The highest BCUT2D eigenvalue weighted by molar-refractivity contribution is 5.89. The van der Waals surface area contributed by atoms with Crippen molar-refractivity contribution in [2.75, 3.05) is 6.61 Å². The molecule has 1 aliphatic rings. The molecule has 1 fully saturated rings. The molecule has 7 heteroatoms. The molecule has 0 aromatic heterocycles. The highest BCUT2D eigenvalue weighted by Gasteiger charge is 2.43. The fourth-order valence-corrected chi connectivity index (χ4v) is 1.88. The van der Waals surface area contributed by atoms with Crippen molar-refractivity contribution in [1.29, 1.82) is 0 Å². The predicted octanol–water partition coefficient (Wildman–Crippen LogP) is -1.36. The van der Waals surface area contributed by atoms with E-state index in [-0.39, 0.29) is 6.61 Å². The Bertz CT molecular complexity index is 449. The Hall–Kier alpha value is -1.51. The summed E-state index contributed by atoms with van der Waals surface area (Å²) in [6, 6.07) is 8.22. The maximum absolute atomic E-state index is 11.7. The summed E-state index contributed by atoms with van der Waals surface area (Å²) in [5, 5.41) is 37.8. The van der Waals surface area contributed by atoms with Crippen LogP contribution in [0.15, 0.2) is 30.3 Å². The lowest BCUT2D eigenvalue weighted by atomic mass is 9.99. The van der Waals surface area contributed by atoms with Crippen LogP contribution in [0.3, 0.4) is 0 Å². The number of benzene rings is 1. The molecule has 0 amide bonds. The molecule has 0 radical (unpaired) electrons. The molecule has 7 nitrogen and oxygen atoms in total. The van der Waals surface area contributed by atoms with Crippen molar-refractivity contribution in [3.05, 3.63) is 35.9 Å². The van der Waals surface area contributed by atoms with Crippen LogP contribution in [0, 0.1) is 0 Å². The third-order valence-corrected chi connectivity index (χ3v) is 3.08. The van der Waals surface area contributed by atoms with Gasteiger partial charge in [0.05, 0.1) is 5.56 Å². The van der Waals surface area contributed by atoms with Gasteiger partial charge in [-0.15, -0.1) is 0 Å². The highest BCUT2D eigenvalue weighted by Crippen LogP contribution is 2.20. The van der Waals surface area contributed by atoms with Crippen molar-refractivity contribution in [1.82, 2.24) is 0 Å². The monoisotopic (exact) mass is 284 g/mol. The fourth-order valence-electron chi connectivity index (χ4n) is 1.88. The smallest absolute Gasteiger partial charge is 0.338 e. The van der Waals surface area contributed by atoms with E-state index < -0.39 is 36.7 Å². The van der Waals surface area contributed by atoms with Crippen LogP contribution in [0.25, 0.3) is 0 Å². The van der Waals surface area contributed by atoms with Gasteiger partial charge in [0, 0.05) is 0 Å².